The molecule has 8 heteroatoms. The molecule has 0 unspecified atom stereocenters. The minimum Gasteiger partial charge on any atom is -0.357 e. The topological polar surface area (TPSA) is 69.3 Å². The molecule has 1 aromatic heterocycles. The molecule has 0 atom stereocenters. The number of thioether (sulfide) groups is 1. The summed E-state index contributed by atoms with van der Waals surface area (Å²) in [5, 5.41) is 9.74. The number of carbonyl (C=O) groups is 1. The van der Waals surface area contributed by atoms with Gasteiger partial charge in [-0.2, -0.15) is 5.26 Å². The first kappa shape index (κ1) is 23.6. The summed E-state index contributed by atoms with van der Waals surface area (Å²) in [6, 6.07) is 2.12. The van der Waals surface area contributed by atoms with E-state index in [-0.39, 0.29) is 17.0 Å². The predicted octanol–water partition coefficient (Wildman–Crippen LogP) is 4.43. The third-order valence-corrected chi connectivity index (χ3v) is 7.21. The fourth-order valence-corrected chi connectivity index (χ4v) is 5.45. The second-order valence-corrected chi connectivity index (χ2v) is 9.72. The SMILES string of the molecule is CCCCn1c(N2CCCCC2)c(/C=C2\SC(=S)N(CCC)C2=O)c(C)c(C#N)c1=O. The first-order chi connectivity index (χ1) is 14.9. The standard InChI is InChI=1S/C23H30N4O2S2/c1-4-6-13-26-20(25-11-8-7-9-12-25)17(16(3)18(15-24)21(26)28)14-19-22(29)27(10-5-2)23(30)31-19/h14H,4-13H2,1-3H3/b19-14-. The number of piperidine rings is 1. The van der Waals surface area contributed by atoms with Crippen LogP contribution < -0.4 is 10.5 Å². The van der Waals surface area contributed by atoms with Crippen molar-refractivity contribution in [2.75, 3.05) is 24.5 Å². The van der Waals surface area contributed by atoms with Gasteiger partial charge in [-0.05, 0) is 50.7 Å². The van der Waals surface area contributed by atoms with Crippen molar-refractivity contribution < 1.29 is 4.79 Å². The molecule has 2 fully saturated rings. The number of carbonyl (C=O) groups excluding carboxylic acids is 1. The van der Waals surface area contributed by atoms with Gasteiger partial charge in [0.1, 0.15) is 21.8 Å². The maximum absolute atomic E-state index is 13.2. The minimum atomic E-state index is -0.232. The number of pyridine rings is 1. The van der Waals surface area contributed by atoms with Crippen molar-refractivity contribution in [1.29, 1.82) is 5.26 Å². The van der Waals surface area contributed by atoms with Gasteiger partial charge in [-0.3, -0.25) is 19.1 Å². The molecule has 0 saturated carbocycles. The molecule has 3 rings (SSSR count). The number of hydrogen-bond acceptors (Lipinski definition) is 6. The van der Waals surface area contributed by atoms with Crippen LogP contribution >= 0.6 is 24.0 Å². The highest BCUT2D eigenvalue weighted by Crippen LogP contribution is 2.36. The Morgan fingerprint density at radius 3 is 2.45 bits per heavy atom. The van der Waals surface area contributed by atoms with Gasteiger partial charge in [-0.15, -0.1) is 0 Å². The van der Waals surface area contributed by atoms with Crippen molar-refractivity contribution in [3.63, 3.8) is 0 Å². The molecule has 3 heterocycles. The molecule has 2 saturated heterocycles. The van der Waals surface area contributed by atoms with Gasteiger partial charge in [0.25, 0.3) is 11.5 Å². The summed E-state index contributed by atoms with van der Waals surface area (Å²) >= 11 is 6.73. The normalized spacial score (nSPS) is 18.2. The van der Waals surface area contributed by atoms with Gasteiger partial charge in [0.2, 0.25) is 0 Å². The van der Waals surface area contributed by atoms with E-state index in [1.807, 2.05) is 19.9 Å². The molecule has 0 spiro atoms. The van der Waals surface area contributed by atoms with Crippen LogP contribution in [0.5, 0.6) is 0 Å². The van der Waals surface area contributed by atoms with Crippen LogP contribution in [0.3, 0.4) is 0 Å². The molecule has 6 nitrogen and oxygen atoms in total. The van der Waals surface area contributed by atoms with E-state index in [2.05, 4.69) is 17.9 Å². The second kappa shape index (κ2) is 10.5. The summed E-state index contributed by atoms with van der Waals surface area (Å²) in [6.45, 7) is 8.82. The van der Waals surface area contributed by atoms with Crippen molar-refractivity contribution in [2.24, 2.45) is 0 Å². The van der Waals surface area contributed by atoms with E-state index in [1.165, 1.54) is 18.2 Å². The maximum Gasteiger partial charge on any atom is 0.270 e. The lowest BCUT2D eigenvalue weighted by atomic mass is 10.0. The average molecular weight is 459 g/mol. The number of amides is 1. The summed E-state index contributed by atoms with van der Waals surface area (Å²) in [5.74, 6) is 0.751. The second-order valence-electron chi connectivity index (χ2n) is 8.04. The van der Waals surface area contributed by atoms with E-state index < -0.39 is 0 Å². The van der Waals surface area contributed by atoms with E-state index in [1.54, 1.807) is 9.47 Å². The average Bonchev–Trinajstić information content (AvgIpc) is 3.03. The van der Waals surface area contributed by atoms with Crippen LogP contribution in [-0.4, -0.2) is 39.3 Å². The molecular formula is C23H30N4O2S2. The predicted molar refractivity (Wildman–Crippen MR) is 131 cm³/mol. The molecular weight excluding hydrogens is 428 g/mol. The maximum atomic E-state index is 13.2. The molecule has 0 radical (unpaired) electrons. The van der Waals surface area contributed by atoms with E-state index in [4.69, 9.17) is 12.2 Å². The summed E-state index contributed by atoms with van der Waals surface area (Å²) < 4.78 is 2.33. The van der Waals surface area contributed by atoms with E-state index in [9.17, 15) is 14.9 Å². The highest BCUT2D eigenvalue weighted by atomic mass is 32.2. The Labute approximate surface area is 193 Å². The van der Waals surface area contributed by atoms with Crippen molar-refractivity contribution in [3.05, 3.63) is 31.9 Å². The number of thiocarbonyl (C=S) groups is 1. The van der Waals surface area contributed by atoms with Gasteiger partial charge in [0.15, 0.2) is 0 Å². The number of nitrogens with zero attached hydrogens (tertiary/aromatic N) is 4. The number of nitriles is 1. The first-order valence-corrected chi connectivity index (χ1v) is 12.3. The van der Waals surface area contributed by atoms with Crippen LogP contribution in [0, 0.1) is 18.3 Å². The lowest BCUT2D eigenvalue weighted by molar-refractivity contribution is -0.122. The Hall–Kier alpha value is -2.11. The zero-order valence-electron chi connectivity index (χ0n) is 18.6. The van der Waals surface area contributed by atoms with Gasteiger partial charge >= 0.3 is 0 Å². The van der Waals surface area contributed by atoms with E-state index in [0.29, 0.717) is 27.9 Å². The number of hydrogen-bond donors (Lipinski definition) is 0. The van der Waals surface area contributed by atoms with Crippen LogP contribution in [0.1, 0.15) is 69.1 Å². The fraction of sp³-hybridized carbons (Fsp3) is 0.565. The fourth-order valence-electron chi connectivity index (χ4n) is 4.16. The molecule has 0 bridgehead atoms. The Kier molecular flexibility index (Phi) is 7.95. The van der Waals surface area contributed by atoms with Crippen LogP contribution in [0.4, 0.5) is 5.82 Å². The van der Waals surface area contributed by atoms with Crippen molar-refractivity contribution in [2.45, 2.75) is 65.8 Å². The molecule has 1 amide bonds. The lowest BCUT2D eigenvalue weighted by Gasteiger charge is -2.33. The molecule has 31 heavy (non-hydrogen) atoms. The number of aromatic nitrogens is 1. The Morgan fingerprint density at radius 1 is 1.13 bits per heavy atom. The van der Waals surface area contributed by atoms with Crippen LogP contribution in [0.25, 0.3) is 6.08 Å². The van der Waals surface area contributed by atoms with Crippen LogP contribution in [0.15, 0.2) is 9.70 Å². The summed E-state index contributed by atoms with van der Waals surface area (Å²) in [4.78, 5) is 30.7. The molecule has 0 aromatic carbocycles. The van der Waals surface area contributed by atoms with Crippen molar-refractivity contribution in [3.8, 4) is 6.07 Å². The molecule has 0 N–H and O–H groups in total. The summed E-state index contributed by atoms with van der Waals surface area (Å²) in [6.07, 6.45) is 7.81. The van der Waals surface area contributed by atoms with Crippen LogP contribution in [0.2, 0.25) is 0 Å². The van der Waals surface area contributed by atoms with Crippen molar-refractivity contribution in [1.82, 2.24) is 9.47 Å². The Balaban J connectivity index is 2.22. The van der Waals surface area contributed by atoms with Gasteiger partial charge in [-0.1, -0.05) is 44.2 Å². The van der Waals surface area contributed by atoms with Gasteiger partial charge in [0.05, 0.1) is 4.91 Å². The van der Waals surface area contributed by atoms with E-state index >= 15 is 0 Å². The lowest BCUT2D eigenvalue weighted by Crippen LogP contribution is -2.37. The Bertz CT molecular complexity index is 1000. The Morgan fingerprint density at radius 2 is 1.84 bits per heavy atom. The number of unbranched alkanes of at least 4 members (excludes halogenated alkanes) is 1. The van der Waals surface area contributed by atoms with Crippen LogP contribution in [-0.2, 0) is 11.3 Å². The molecule has 2 aliphatic heterocycles. The first-order valence-electron chi connectivity index (χ1n) is 11.1. The zero-order valence-corrected chi connectivity index (χ0v) is 20.2. The van der Waals surface area contributed by atoms with Gasteiger partial charge in [0, 0.05) is 31.7 Å². The molecule has 2 aliphatic rings. The highest BCUT2D eigenvalue weighted by molar-refractivity contribution is 8.26. The van der Waals surface area contributed by atoms with Crippen molar-refractivity contribution >= 4 is 46.1 Å². The molecule has 1 aromatic rings. The van der Waals surface area contributed by atoms with Gasteiger partial charge in [-0.25, -0.2) is 0 Å². The molecule has 166 valence electrons. The number of anilines is 1. The van der Waals surface area contributed by atoms with E-state index in [0.717, 1.165) is 56.6 Å². The molecule has 0 aliphatic carbocycles. The number of rotatable bonds is 7. The summed E-state index contributed by atoms with van der Waals surface area (Å²) in [7, 11) is 0. The third kappa shape index (κ3) is 4.73. The van der Waals surface area contributed by atoms with Gasteiger partial charge < -0.3 is 4.90 Å². The minimum absolute atomic E-state index is 0.0920. The summed E-state index contributed by atoms with van der Waals surface area (Å²) in [5.41, 5.74) is 1.37. The quantitative estimate of drug-likeness (QED) is 0.445. The third-order valence-electron chi connectivity index (χ3n) is 5.83. The highest BCUT2D eigenvalue weighted by Gasteiger charge is 2.32. The smallest absolute Gasteiger partial charge is 0.270 e. The largest absolute Gasteiger partial charge is 0.357 e. The zero-order chi connectivity index (χ0) is 22.5. The monoisotopic (exact) mass is 458 g/mol.